The Morgan fingerprint density at radius 1 is 1.36 bits per heavy atom. The molecule has 0 amide bonds. The van der Waals surface area contributed by atoms with E-state index in [0.29, 0.717) is 0 Å². The average molecular weight is 164 g/mol. The molecular weight excluding hydrogens is 156 g/mol. The number of thioether (sulfide) groups is 1. The van der Waals surface area contributed by atoms with Crippen LogP contribution in [0.4, 0.5) is 0 Å². The highest BCUT2D eigenvalue weighted by Gasteiger charge is 2.07. The van der Waals surface area contributed by atoms with Crippen molar-refractivity contribution in [3.63, 3.8) is 0 Å². The summed E-state index contributed by atoms with van der Waals surface area (Å²) in [5, 5.41) is 0. The van der Waals surface area contributed by atoms with Gasteiger partial charge in [0.05, 0.1) is 12.4 Å². The number of benzene rings is 1. The summed E-state index contributed by atoms with van der Waals surface area (Å²) in [5.74, 6) is 4.18. The molecule has 0 bridgehead atoms. The molecule has 1 aliphatic heterocycles. The molecule has 0 saturated heterocycles. The Kier molecular flexibility index (Phi) is 2.04. The van der Waals surface area contributed by atoms with Crippen LogP contribution in [0.3, 0.4) is 0 Å². The smallest absolute Gasteiger partial charge is 0.132 e. The summed E-state index contributed by atoms with van der Waals surface area (Å²) >= 11 is 1.63. The molecule has 0 atom stereocenters. The van der Waals surface area contributed by atoms with Gasteiger partial charge in [0.25, 0.3) is 0 Å². The van der Waals surface area contributed by atoms with Gasteiger partial charge in [-0.25, -0.2) is 0 Å². The van der Waals surface area contributed by atoms with Crippen molar-refractivity contribution in [3.8, 4) is 5.75 Å². The van der Waals surface area contributed by atoms with Gasteiger partial charge in [0, 0.05) is 4.90 Å². The molecule has 2 rings (SSSR count). The van der Waals surface area contributed by atoms with Crippen LogP contribution in [0.15, 0.2) is 29.2 Å². The van der Waals surface area contributed by atoms with Crippen LogP contribution in [-0.2, 0) is 0 Å². The minimum absolute atomic E-state index is 0.754. The van der Waals surface area contributed by atoms with Gasteiger partial charge in [-0.15, -0.1) is 11.8 Å². The average Bonchev–Trinajstić information content (AvgIpc) is 2.28. The fourth-order valence-corrected chi connectivity index (χ4v) is 1.70. The lowest BCUT2D eigenvalue weighted by molar-refractivity contribution is 0.318. The molecular formula is C9H8OS. The first-order valence-corrected chi connectivity index (χ1v) is 4.40. The summed E-state index contributed by atoms with van der Waals surface area (Å²) in [4.78, 5) is 1.17. The maximum atomic E-state index is 5.47. The monoisotopic (exact) mass is 164 g/mol. The van der Waals surface area contributed by atoms with Gasteiger partial charge < -0.3 is 4.74 Å². The van der Waals surface area contributed by atoms with Crippen LogP contribution in [0.25, 0.3) is 0 Å². The van der Waals surface area contributed by atoms with Crippen molar-refractivity contribution in [3.05, 3.63) is 30.0 Å². The van der Waals surface area contributed by atoms with Crippen molar-refractivity contribution < 1.29 is 4.74 Å². The molecule has 56 valence electrons. The zero-order valence-corrected chi connectivity index (χ0v) is 6.86. The van der Waals surface area contributed by atoms with Gasteiger partial charge in [0.15, 0.2) is 0 Å². The third-order valence-corrected chi connectivity index (χ3v) is 2.40. The molecule has 1 aromatic rings. The molecule has 0 fully saturated rings. The summed E-state index contributed by atoms with van der Waals surface area (Å²) in [6.45, 7) is 0.754. The normalized spacial score (nSPS) is 16.4. The molecule has 0 saturated carbocycles. The zero-order chi connectivity index (χ0) is 7.52. The van der Waals surface area contributed by atoms with E-state index in [0.717, 1.165) is 18.8 Å². The first-order valence-electron chi connectivity index (χ1n) is 3.58. The Hall–Kier alpha value is -0.630. The highest BCUT2D eigenvalue weighted by atomic mass is 32.2. The summed E-state index contributed by atoms with van der Waals surface area (Å²) in [7, 11) is 0. The molecule has 1 heterocycles. The van der Waals surface area contributed by atoms with Crippen LogP contribution in [-0.4, -0.2) is 6.61 Å². The molecule has 0 spiro atoms. The van der Waals surface area contributed by atoms with Crippen LogP contribution >= 0.6 is 11.8 Å². The Morgan fingerprint density at radius 3 is 3.27 bits per heavy atom. The van der Waals surface area contributed by atoms with Gasteiger partial charge in [-0.3, -0.25) is 0 Å². The van der Waals surface area contributed by atoms with Crippen LogP contribution < -0.4 is 4.74 Å². The van der Waals surface area contributed by atoms with Crippen LogP contribution in [0, 0.1) is 5.75 Å². The second-order valence-electron chi connectivity index (χ2n) is 2.29. The molecule has 0 aliphatic carbocycles. The molecule has 0 N–H and O–H groups in total. The first-order chi connectivity index (χ1) is 5.47. The maximum absolute atomic E-state index is 5.47. The van der Waals surface area contributed by atoms with Gasteiger partial charge in [0.1, 0.15) is 5.75 Å². The van der Waals surface area contributed by atoms with E-state index in [4.69, 9.17) is 4.74 Å². The SMILES string of the molecule is [C]1CCOc2ccccc2S1. The fourth-order valence-electron chi connectivity index (χ4n) is 0.985. The first kappa shape index (κ1) is 7.04. The standard InChI is InChI=1S/C9H8OS/c1-2-5-9-8(4-1)10-6-3-7-11-9/h1-2,4-5H,3,6H2. The Labute approximate surface area is 70.8 Å². The molecule has 0 unspecified atom stereocenters. The van der Waals surface area contributed by atoms with Crippen molar-refractivity contribution in [2.45, 2.75) is 11.3 Å². The third-order valence-electron chi connectivity index (χ3n) is 1.49. The van der Waals surface area contributed by atoms with Crippen molar-refractivity contribution in [1.82, 2.24) is 0 Å². The number of ether oxygens (including phenoxy) is 1. The van der Waals surface area contributed by atoms with Gasteiger partial charge in [0.2, 0.25) is 0 Å². The topological polar surface area (TPSA) is 9.23 Å². The van der Waals surface area contributed by atoms with E-state index in [9.17, 15) is 0 Å². The lowest BCUT2D eigenvalue weighted by atomic mass is 10.3. The van der Waals surface area contributed by atoms with E-state index in [1.165, 1.54) is 4.90 Å². The Bertz CT molecular complexity index is 222. The number of para-hydroxylation sites is 1. The molecule has 1 aromatic carbocycles. The van der Waals surface area contributed by atoms with Gasteiger partial charge in [-0.05, 0) is 18.6 Å². The number of rotatable bonds is 0. The van der Waals surface area contributed by atoms with Crippen molar-refractivity contribution in [2.24, 2.45) is 0 Å². The second kappa shape index (κ2) is 3.18. The fraction of sp³-hybridized carbons (Fsp3) is 0.222. The predicted molar refractivity (Wildman–Crippen MR) is 45.7 cm³/mol. The Balaban J connectivity index is 2.33. The summed E-state index contributed by atoms with van der Waals surface area (Å²) < 4.78 is 5.47. The van der Waals surface area contributed by atoms with E-state index in [-0.39, 0.29) is 0 Å². The summed E-state index contributed by atoms with van der Waals surface area (Å²) in [5.41, 5.74) is 0. The highest BCUT2D eigenvalue weighted by molar-refractivity contribution is 8.01. The zero-order valence-electron chi connectivity index (χ0n) is 6.04. The molecule has 2 heteroatoms. The minimum Gasteiger partial charge on any atom is -0.492 e. The van der Waals surface area contributed by atoms with E-state index in [1.807, 2.05) is 18.2 Å². The van der Waals surface area contributed by atoms with Crippen molar-refractivity contribution >= 4 is 11.8 Å². The van der Waals surface area contributed by atoms with Gasteiger partial charge in [-0.1, -0.05) is 12.1 Å². The van der Waals surface area contributed by atoms with Crippen LogP contribution in [0.5, 0.6) is 5.75 Å². The van der Waals surface area contributed by atoms with Crippen LogP contribution in [0.1, 0.15) is 6.42 Å². The minimum atomic E-state index is 0.754. The number of fused-ring (bicyclic) bond motifs is 1. The molecule has 11 heavy (non-hydrogen) atoms. The molecule has 0 aromatic heterocycles. The molecule has 1 nitrogen and oxygen atoms in total. The molecule has 1 aliphatic rings. The van der Waals surface area contributed by atoms with Gasteiger partial charge >= 0.3 is 0 Å². The Morgan fingerprint density at radius 2 is 2.27 bits per heavy atom. The van der Waals surface area contributed by atoms with Crippen molar-refractivity contribution in [2.75, 3.05) is 6.61 Å². The predicted octanol–water partition coefficient (Wildman–Crippen LogP) is 2.60. The lowest BCUT2D eigenvalue weighted by Gasteiger charge is -2.03. The molecule has 2 radical (unpaired) electrons. The van der Waals surface area contributed by atoms with E-state index >= 15 is 0 Å². The van der Waals surface area contributed by atoms with Gasteiger partial charge in [-0.2, -0.15) is 0 Å². The quantitative estimate of drug-likeness (QED) is 0.583. The maximum Gasteiger partial charge on any atom is 0.132 e. The van der Waals surface area contributed by atoms with Crippen LogP contribution in [0.2, 0.25) is 0 Å². The highest BCUT2D eigenvalue weighted by Crippen LogP contribution is 2.33. The largest absolute Gasteiger partial charge is 0.492 e. The number of hydrogen-bond donors (Lipinski definition) is 0. The van der Waals surface area contributed by atoms with E-state index in [2.05, 4.69) is 11.8 Å². The second-order valence-corrected chi connectivity index (χ2v) is 3.22. The third kappa shape index (κ3) is 1.51. The lowest BCUT2D eigenvalue weighted by Crippen LogP contribution is -1.93. The van der Waals surface area contributed by atoms with E-state index < -0.39 is 0 Å². The van der Waals surface area contributed by atoms with E-state index in [1.54, 1.807) is 11.8 Å². The van der Waals surface area contributed by atoms with Crippen molar-refractivity contribution in [1.29, 1.82) is 0 Å². The summed E-state index contributed by atoms with van der Waals surface area (Å²) in [6, 6.07) is 8.06. The number of hydrogen-bond acceptors (Lipinski definition) is 2. The summed E-state index contributed by atoms with van der Waals surface area (Å²) in [6.07, 6.45) is 0.902.